The summed E-state index contributed by atoms with van der Waals surface area (Å²) in [5.74, 6) is 2.07. The van der Waals surface area contributed by atoms with Gasteiger partial charge in [0.25, 0.3) is 5.56 Å². The molecule has 3 atom stereocenters. The van der Waals surface area contributed by atoms with Crippen LogP contribution < -0.4 is 21.9 Å². The van der Waals surface area contributed by atoms with Crippen molar-refractivity contribution in [1.29, 1.82) is 0 Å². The van der Waals surface area contributed by atoms with E-state index in [9.17, 15) is 14.4 Å². The lowest BCUT2D eigenvalue weighted by atomic mass is 9.86. The van der Waals surface area contributed by atoms with E-state index in [0.717, 1.165) is 25.2 Å². The molecular formula is C21H34N4O3. The fraction of sp³-hybridized carbons (Fsp3) is 0.762. The molecule has 2 fully saturated rings. The van der Waals surface area contributed by atoms with Crippen molar-refractivity contribution in [3.8, 4) is 0 Å². The summed E-state index contributed by atoms with van der Waals surface area (Å²) in [7, 11) is 0. The number of carbonyl (C=O) groups is 1. The molecule has 3 N–H and O–H groups in total. The van der Waals surface area contributed by atoms with Gasteiger partial charge in [-0.25, -0.2) is 4.79 Å². The lowest BCUT2D eigenvalue weighted by Crippen LogP contribution is -2.42. The highest BCUT2D eigenvalue weighted by atomic mass is 16.2. The second-order valence-electron chi connectivity index (χ2n) is 9.04. The Balaban J connectivity index is 1.91. The van der Waals surface area contributed by atoms with Crippen LogP contribution in [0, 0.1) is 23.7 Å². The minimum atomic E-state index is -0.570. The van der Waals surface area contributed by atoms with Crippen LogP contribution in [-0.4, -0.2) is 22.0 Å². The highest BCUT2D eigenvalue weighted by Gasteiger charge is 2.41. The molecule has 1 amide bonds. The van der Waals surface area contributed by atoms with Crippen LogP contribution in [0.15, 0.2) is 9.59 Å². The van der Waals surface area contributed by atoms with Crippen LogP contribution in [0.3, 0.4) is 0 Å². The normalized spacial score (nSPS) is 23.5. The predicted molar refractivity (Wildman–Crippen MR) is 111 cm³/mol. The van der Waals surface area contributed by atoms with Gasteiger partial charge in [0.05, 0.1) is 0 Å². The largest absolute Gasteiger partial charge is 0.383 e. The first kappa shape index (κ1) is 20.7. The molecule has 0 aliphatic heterocycles. The van der Waals surface area contributed by atoms with E-state index < -0.39 is 11.2 Å². The minimum Gasteiger partial charge on any atom is -0.383 e. The van der Waals surface area contributed by atoms with Crippen molar-refractivity contribution in [3.63, 3.8) is 0 Å². The Morgan fingerprint density at radius 1 is 1.29 bits per heavy atom. The molecule has 2 aliphatic rings. The third-order valence-corrected chi connectivity index (χ3v) is 6.39. The molecule has 3 unspecified atom stereocenters. The number of nitrogens with zero attached hydrogens (tertiary/aromatic N) is 2. The number of amides is 1. The minimum absolute atomic E-state index is 0.0436. The molecule has 0 saturated heterocycles. The molecule has 3 rings (SSSR count). The van der Waals surface area contributed by atoms with Crippen LogP contribution in [0.5, 0.6) is 0 Å². The van der Waals surface area contributed by atoms with Crippen molar-refractivity contribution in [3.05, 3.63) is 20.8 Å². The van der Waals surface area contributed by atoms with E-state index in [1.807, 2.05) is 20.8 Å². The summed E-state index contributed by atoms with van der Waals surface area (Å²) in [5.41, 5.74) is 5.31. The van der Waals surface area contributed by atoms with Crippen LogP contribution in [0.4, 0.5) is 11.5 Å². The summed E-state index contributed by atoms with van der Waals surface area (Å²) in [6.45, 7) is 6.85. The smallest absolute Gasteiger partial charge is 0.330 e. The molecule has 156 valence electrons. The van der Waals surface area contributed by atoms with Gasteiger partial charge in [-0.1, -0.05) is 33.6 Å². The number of unbranched alkanes of at least 4 members (excludes halogenated alkanes) is 1. The Labute approximate surface area is 166 Å². The fourth-order valence-corrected chi connectivity index (χ4v) is 5.02. The maximum absolute atomic E-state index is 13.2. The summed E-state index contributed by atoms with van der Waals surface area (Å²) < 4.78 is 1.38. The first-order valence-corrected chi connectivity index (χ1v) is 10.7. The molecular weight excluding hydrogens is 356 g/mol. The van der Waals surface area contributed by atoms with Crippen molar-refractivity contribution in [2.75, 3.05) is 17.2 Å². The van der Waals surface area contributed by atoms with E-state index in [-0.39, 0.29) is 23.3 Å². The first-order chi connectivity index (χ1) is 13.3. The SMILES string of the molecule is CCCCN(C(=O)CC1CC2CCC1C2)c1c(N)n(CC(C)C)c(=O)[nH]c1=O. The average Bonchev–Trinajstić information content (AvgIpc) is 3.24. The Hall–Kier alpha value is -2.05. The molecule has 1 aromatic heterocycles. The van der Waals surface area contributed by atoms with Gasteiger partial charge >= 0.3 is 5.69 Å². The monoisotopic (exact) mass is 390 g/mol. The number of hydrogen-bond donors (Lipinski definition) is 2. The number of rotatable bonds is 8. The fourth-order valence-electron chi connectivity index (χ4n) is 5.02. The van der Waals surface area contributed by atoms with Gasteiger partial charge in [0.1, 0.15) is 5.82 Å². The van der Waals surface area contributed by atoms with Crippen LogP contribution >= 0.6 is 0 Å². The molecule has 1 aromatic rings. The maximum atomic E-state index is 13.2. The van der Waals surface area contributed by atoms with Gasteiger partial charge in [0.2, 0.25) is 5.91 Å². The number of hydrogen-bond acceptors (Lipinski definition) is 4. The number of fused-ring (bicyclic) bond motifs is 2. The van der Waals surface area contributed by atoms with Crippen molar-refractivity contribution in [2.45, 2.75) is 72.3 Å². The van der Waals surface area contributed by atoms with E-state index >= 15 is 0 Å². The predicted octanol–water partition coefficient (Wildman–Crippen LogP) is 2.73. The standard InChI is InChI=1S/C21H34N4O3/c1-4-5-8-24(17(26)11-16-10-14-6-7-15(16)9-14)18-19(22)25(12-13(2)3)21(28)23-20(18)27/h13-16H,4-12,22H2,1-3H3,(H,23,27,28). The average molecular weight is 391 g/mol. The number of carbonyl (C=O) groups excluding carboxylic acids is 1. The van der Waals surface area contributed by atoms with Gasteiger partial charge in [-0.3, -0.25) is 19.1 Å². The molecule has 2 bridgehead atoms. The highest BCUT2D eigenvalue weighted by molar-refractivity contribution is 5.95. The zero-order valence-corrected chi connectivity index (χ0v) is 17.4. The number of anilines is 2. The Bertz CT molecular complexity index is 826. The van der Waals surface area contributed by atoms with Crippen molar-refractivity contribution in [1.82, 2.24) is 9.55 Å². The molecule has 7 nitrogen and oxygen atoms in total. The molecule has 7 heteroatoms. The number of aromatic amines is 1. The van der Waals surface area contributed by atoms with Gasteiger partial charge < -0.3 is 10.6 Å². The lowest BCUT2D eigenvalue weighted by Gasteiger charge is -2.28. The Kier molecular flexibility index (Phi) is 6.30. The van der Waals surface area contributed by atoms with Gasteiger partial charge in [-0.05, 0) is 49.4 Å². The number of nitrogens with one attached hydrogen (secondary N) is 1. The van der Waals surface area contributed by atoms with Gasteiger partial charge in [0.15, 0.2) is 5.69 Å². The third kappa shape index (κ3) is 4.18. The summed E-state index contributed by atoms with van der Waals surface area (Å²) >= 11 is 0. The van der Waals surface area contributed by atoms with Gasteiger partial charge in [-0.15, -0.1) is 0 Å². The van der Waals surface area contributed by atoms with Crippen LogP contribution in [-0.2, 0) is 11.3 Å². The molecule has 0 aromatic carbocycles. The lowest BCUT2D eigenvalue weighted by molar-refractivity contribution is -0.119. The zero-order valence-electron chi connectivity index (χ0n) is 17.4. The Morgan fingerprint density at radius 2 is 2.04 bits per heavy atom. The van der Waals surface area contributed by atoms with E-state index in [4.69, 9.17) is 5.73 Å². The van der Waals surface area contributed by atoms with E-state index in [2.05, 4.69) is 4.98 Å². The first-order valence-electron chi connectivity index (χ1n) is 10.7. The van der Waals surface area contributed by atoms with E-state index in [1.165, 1.54) is 23.8 Å². The van der Waals surface area contributed by atoms with Crippen molar-refractivity contribution >= 4 is 17.4 Å². The summed E-state index contributed by atoms with van der Waals surface area (Å²) in [5, 5.41) is 0. The number of nitrogens with two attached hydrogens (primary N) is 1. The van der Waals surface area contributed by atoms with Crippen LogP contribution in [0.25, 0.3) is 0 Å². The topological polar surface area (TPSA) is 101 Å². The number of H-pyrrole nitrogens is 1. The second-order valence-corrected chi connectivity index (χ2v) is 9.04. The number of aromatic nitrogens is 2. The van der Waals surface area contributed by atoms with Crippen LogP contribution in [0.1, 0.15) is 65.7 Å². The molecule has 28 heavy (non-hydrogen) atoms. The summed E-state index contributed by atoms with van der Waals surface area (Å²) in [4.78, 5) is 42.0. The van der Waals surface area contributed by atoms with E-state index in [0.29, 0.717) is 31.3 Å². The number of nitrogen functional groups attached to an aromatic ring is 1. The van der Waals surface area contributed by atoms with Crippen LogP contribution in [0.2, 0.25) is 0 Å². The van der Waals surface area contributed by atoms with Gasteiger partial charge in [-0.2, -0.15) is 0 Å². The summed E-state index contributed by atoms with van der Waals surface area (Å²) in [6.07, 6.45) is 7.03. The highest BCUT2D eigenvalue weighted by Crippen LogP contribution is 2.49. The third-order valence-electron chi connectivity index (χ3n) is 6.39. The van der Waals surface area contributed by atoms with E-state index in [1.54, 1.807) is 4.90 Å². The quantitative estimate of drug-likeness (QED) is 0.712. The molecule has 0 spiro atoms. The van der Waals surface area contributed by atoms with Crippen molar-refractivity contribution < 1.29 is 4.79 Å². The Morgan fingerprint density at radius 3 is 2.61 bits per heavy atom. The summed E-state index contributed by atoms with van der Waals surface area (Å²) in [6, 6.07) is 0. The molecule has 1 heterocycles. The zero-order chi connectivity index (χ0) is 20.4. The van der Waals surface area contributed by atoms with Crippen molar-refractivity contribution in [2.24, 2.45) is 23.7 Å². The molecule has 2 aliphatic carbocycles. The molecule has 0 radical (unpaired) electrons. The molecule has 2 saturated carbocycles. The maximum Gasteiger partial charge on any atom is 0.330 e. The second kappa shape index (κ2) is 8.53. The van der Waals surface area contributed by atoms with Gasteiger partial charge in [0, 0.05) is 19.5 Å².